The summed E-state index contributed by atoms with van der Waals surface area (Å²) in [5.74, 6) is 1.41. The molecule has 2 amide bonds. The first kappa shape index (κ1) is 16.1. The predicted octanol–water partition coefficient (Wildman–Crippen LogP) is 4.32. The van der Waals surface area contributed by atoms with Crippen LogP contribution in [0.2, 0.25) is 0 Å². The molecule has 128 valence electrons. The topological polar surface area (TPSA) is 58.2 Å². The van der Waals surface area contributed by atoms with Crippen molar-refractivity contribution in [3.63, 3.8) is 0 Å². The molecule has 5 heteroatoms. The fourth-order valence-corrected chi connectivity index (χ4v) is 7.01. The lowest BCUT2D eigenvalue weighted by Crippen LogP contribution is -2.57. The van der Waals surface area contributed by atoms with E-state index in [0.717, 1.165) is 24.9 Å². The van der Waals surface area contributed by atoms with E-state index in [-0.39, 0.29) is 21.6 Å². The van der Waals surface area contributed by atoms with Crippen LogP contribution in [0.5, 0.6) is 0 Å². The molecule has 0 radical (unpaired) electrons. The Morgan fingerprint density at radius 1 is 1.08 bits per heavy atom. The summed E-state index contributed by atoms with van der Waals surface area (Å²) >= 11 is 3.96. The molecule has 0 aliphatic heterocycles. The predicted molar refractivity (Wildman–Crippen MR) is 98.1 cm³/mol. The molecule has 2 N–H and O–H groups in total. The summed E-state index contributed by atoms with van der Waals surface area (Å²) < 4.78 is 0.173. The SMILES string of the molecule is CC(=O)Nc1cccc(NC(=O)C23C[C@@H]4C[C@@H](CC(Br)(C4)C2)C3)c1. The van der Waals surface area contributed by atoms with Gasteiger partial charge in [-0.05, 0) is 68.6 Å². The zero-order valence-corrected chi connectivity index (χ0v) is 15.5. The number of carbonyl (C=O) groups is 2. The summed E-state index contributed by atoms with van der Waals surface area (Å²) in [6, 6.07) is 7.39. The van der Waals surface area contributed by atoms with Crippen molar-refractivity contribution >= 4 is 39.1 Å². The monoisotopic (exact) mass is 390 g/mol. The highest BCUT2D eigenvalue weighted by Crippen LogP contribution is 2.64. The minimum absolute atomic E-state index is 0.110. The molecule has 4 aliphatic rings. The molecule has 2 unspecified atom stereocenters. The van der Waals surface area contributed by atoms with E-state index in [4.69, 9.17) is 0 Å². The van der Waals surface area contributed by atoms with Crippen molar-refractivity contribution in [2.45, 2.75) is 49.8 Å². The number of hydrogen-bond donors (Lipinski definition) is 2. The first-order valence-electron chi connectivity index (χ1n) is 8.74. The Hall–Kier alpha value is -1.36. The normalized spacial score (nSPS) is 36.4. The van der Waals surface area contributed by atoms with Gasteiger partial charge in [-0.2, -0.15) is 0 Å². The van der Waals surface area contributed by atoms with Crippen LogP contribution in [0.3, 0.4) is 0 Å². The number of rotatable bonds is 3. The maximum Gasteiger partial charge on any atom is 0.230 e. The van der Waals surface area contributed by atoms with Crippen LogP contribution in [0.4, 0.5) is 11.4 Å². The van der Waals surface area contributed by atoms with E-state index in [9.17, 15) is 9.59 Å². The van der Waals surface area contributed by atoms with E-state index in [1.165, 1.54) is 26.2 Å². The first-order valence-corrected chi connectivity index (χ1v) is 9.53. The molecule has 4 nitrogen and oxygen atoms in total. The van der Waals surface area contributed by atoms with Crippen LogP contribution in [0.1, 0.15) is 45.4 Å². The van der Waals surface area contributed by atoms with Gasteiger partial charge in [-0.25, -0.2) is 0 Å². The fraction of sp³-hybridized carbons (Fsp3) is 0.579. The summed E-state index contributed by atoms with van der Waals surface area (Å²) in [5, 5.41) is 5.88. The highest BCUT2D eigenvalue weighted by atomic mass is 79.9. The summed E-state index contributed by atoms with van der Waals surface area (Å²) in [7, 11) is 0. The molecule has 4 aliphatic carbocycles. The van der Waals surface area contributed by atoms with Crippen LogP contribution >= 0.6 is 15.9 Å². The van der Waals surface area contributed by atoms with Crippen LogP contribution in [0.25, 0.3) is 0 Å². The largest absolute Gasteiger partial charge is 0.326 e. The molecule has 1 aromatic rings. The molecule has 5 rings (SSSR count). The van der Waals surface area contributed by atoms with Gasteiger partial charge in [-0.15, -0.1) is 0 Å². The van der Waals surface area contributed by atoms with Crippen molar-refractivity contribution in [2.75, 3.05) is 10.6 Å². The number of hydrogen-bond acceptors (Lipinski definition) is 2. The van der Waals surface area contributed by atoms with Gasteiger partial charge in [-0.3, -0.25) is 9.59 Å². The second kappa shape index (κ2) is 5.58. The van der Waals surface area contributed by atoms with E-state index in [1.807, 2.05) is 24.3 Å². The third kappa shape index (κ3) is 2.87. The lowest BCUT2D eigenvalue weighted by molar-refractivity contribution is -0.138. The van der Waals surface area contributed by atoms with Crippen molar-refractivity contribution in [3.05, 3.63) is 24.3 Å². The second-order valence-electron chi connectivity index (χ2n) is 8.11. The van der Waals surface area contributed by atoms with Crippen LogP contribution in [-0.2, 0) is 9.59 Å². The van der Waals surface area contributed by atoms with Gasteiger partial charge in [0.2, 0.25) is 11.8 Å². The van der Waals surface area contributed by atoms with Gasteiger partial charge < -0.3 is 10.6 Å². The standard InChI is InChI=1S/C19H23BrN2O2/c1-12(23)21-15-3-2-4-16(6-15)22-17(24)18-7-13-5-14(8-18)10-19(20,9-13)11-18/h2-4,6,13-14H,5,7-11H2,1H3,(H,21,23)(H,22,24)/t13-,14+,18?,19?. The number of amides is 2. The maximum atomic E-state index is 13.1. The molecule has 4 atom stereocenters. The Balaban J connectivity index is 1.53. The van der Waals surface area contributed by atoms with Gasteiger partial charge in [0.25, 0.3) is 0 Å². The molecular weight excluding hydrogens is 368 g/mol. The quantitative estimate of drug-likeness (QED) is 0.755. The van der Waals surface area contributed by atoms with Gasteiger partial charge in [0.1, 0.15) is 0 Å². The number of carbonyl (C=O) groups excluding carboxylic acids is 2. The van der Waals surface area contributed by atoms with Crippen LogP contribution in [-0.4, -0.2) is 16.1 Å². The van der Waals surface area contributed by atoms with Crippen molar-refractivity contribution in [1.29, 1.82) is 0 Å². The van der Waals surface area contributed by atoms with Gasteiger partial charge in [0, 0.05) is 22.6 Å². The zero-order valence-electron chi connectivity index (χ0n) is 13.9. The molecule has 4 bridgehead atoms. The minimum Gasteiger partial charge on any atom is -0.326 e. The van der Waals surface area contributed by atoms with Gasteiger partial charge in [-0.1, -0.05) is 22.0 Å². The minimum atomic E-state index is -0.225. The molecule has 0 spiro atoms. The number of benzene rings is 1. The van der Waals surface area contributed by atoms with Crippen molar-refractivity contribution in [3.8, 4) is 0 Å². The van der Waals surface area contributed by atoms with E-state index >= 15 is 0 Å². The number of alkyl halides is 1. The van der Waals surface area contributed by atoms with Crippen LogP contribution < -0.4 is 10.6 Å². The summed E-state index contributed by atoms with van der Waals surface area (Å²) in [5.41, 5.74) is 1.24. The molecule has 0 saturated heterocycles. The van der Waals surface area contributed by atoms with E-state index in [0.29, 0.717) is 17.5 Å². The third-order valence-corrected chi connectivity index (χ3v) is 6.84. The van der Waals surface area contributed by atoms with E-state index < -0.39 is 0 Å². The first-order chi connectivity index (χ1) is 11.4. The van der Waals surface area contributed by atoms with Gasteiger partial charge in [0.05, 0.1) is 5.41 Å². The second-order valence-corrected chi connectivity index (χ2v) is 9.79. The zero-order chi connectivity index (χ0) is 16.9. The molecule has 4 saturated carbocycles. The van der Waals surface area contributed by atoms with Crippen molar-refractivity contribution in [1.82, 2.24) is 0 Å². The maximum absolute atomic E-state index is 13.1. The highest BCUT2D eigenvalue weighted by Gasteiger charge is 2.59. The fourth-order valence-electron chi connectivity index (χ4n) is 5.56. The van der Waals surface area contributed by atoms with Gasteiger partial charge >= 0.3 is 0 Å². The Bertz CT molecular complexity index is 688. The van der Waals surface area contributed by atoms with E-state index in [2.05, 4.69) is 26.6 Å². The molecule has 1 aromatic carbocycles. The average Bonchev–Trinajstić information content (AvgIpc) is 2.44. The summed E-state index contributed by atoms with van der Waals surface area (Å²) in [6.45, 7) is 1.48. The molecule has 0 aromatic heterocycles. The summed E-state index contributed by atoms with van der Waals surface area (Å²) in [6.07, 6.45) is 6.72. The molecule has 0 heterocycles. The van der Waals surface area contributed by atoms with Crippen molar-refractivity contribution in [2.24, 2.45) is 17.3 Å². The number of anilines is 2. The Morgan fingerprint density at radius 3 is 2.29 bits per heavy atom. The molecule has 4 fully saturated rings. The van der Waals surface area contributed by atoms with Crippen LogP contribution in [0, 0.1) is 17.3 Å². The average molecular weight is 391 g/mol. The van der Waals surface area contributed by atoms with Gasteiger partial charge in [0.15, 0.2) is 0 Å². The third-order valence-electron chi connectivity index (χ3n) is 5.91. The number of nitrogens with one attached hydrogen (secondary N) is 2. The summed E-state index contributed by atoms with van der Waals surface area (Å²) in [4.78, 5) is 24.3. The Morgan fingerprint density at radius 2 is 1.71 bits per heavy atom. The molecular formula is C19H23BrN2O2. The highest BCUT2D eigenvalue weighted by molar-refractivity contribution is 9.10. The lowest BCUT2D eigenvalue weighted by Gasteiger charge is -2.59. The lowest BCUT2D eigenvalue weighted by atomic mass is 9.49. The van der Waals surface area contributed by atoms with Crippen LogP contribution in [0.15, 0.2) is 24.3 Å². The smallest absolute Gasteiger partial charge is 0.230 e. The Kier molecular flexibility index (Phi) is 3.75. The van der Waals surface area contributed by atoms with E-state index in [1.54, 1.807) is 0 Å². The number of halogens is 1. The Labute approximate surface area is 150 Å². The molecule has 24 heavy (non-hydrogen) atoms. The van der Waals surface area contributed by atoms with Crippen molar-refractivity contribution < 1.29 is 9.59 Å².